The van der Waals surface area contributed by atoms with Gasteiger partial charge in [0.05, 0.1) is 6.42 Å². The molecule has 0 aliphatic carbocycles. The molecule has 1 amide bonds. The van der Waals surface area contributed by atoms with Crippen molar-refractivity contribution in [3.63, 3.8) is 0 Å². The number of hydrogen-bond acceptors (Lipinski definition) is 2. The SMILES string of the molecule is CBc1cnc2c(c1)CC(=O)N2. The smallest absolute Gasteiger partial charge is 0.230 e. The third-order valence-electron chi connectivity index (χ3n) is 2.04. The van der Waals surface area contributed by atoms with E-state index in [1.54, 1.807) is 0 Å². The van der Waals surface area contributed by atoms with Gasteiger partial charge in [-0.15, -0.1) is 0 Å². The summed E-state index contributed by atoms with van der Waals surface area (Å²) < 4.78 is 0. The minimum absolute atomic E-state index is 0.0470. The van der Waals surface area contributed by atoms with Crippen LogP contribution >= 0.6 is 0 Å². The molecule has 4 heteroatoms. The molecule has 0 bridgehead atoms. The van der Waals surface area contributed by atoms with E-state index in [2.05, 4.69) is 17.1 Å². The van der Waals surface area contributed by atoms with Crippen molar-refractivity contribution in [3.8, 4) is 0 Å². The van der Waals surface area contributed by atoms with Crippen molar-refractivity contribution in [3.05, 3.63) is 17.8 Å². The third-order valence-corrected chi connectivity index (χ3v) is 2.04. The fraction of sp³-hybridized carbons (Fsp3) is 0.250. The molecule has 12 heavy (non-hydrogen) atoms. The second kappa shape index (κ2) is 2.62. The Kier molecular flexibility index (Phi) is 1.61. The van der Waals surface area contributed by atoms with Gasteiger partial charge in [0.15, 0.2) is 7.28 Å². The predicted molar refractivity (Wildman–Crippen MR) is 49.2 cm³/mol. The summed E-state index contributed by atoms with van der Waals surface area (Å²) >= 11 is 0. The Hall–Kier alpha value is -1.32. The number of nitrogens with one attached hydrogen (secondary N) is 1. The normalized spacial score (nSPS) is 13.9. The van der Waals surface area contributed by atoms with Crippen molar-refractivity contribution in [1.29, 1.82) is 0 Å². The van der Waals surface area contributed by atoms with E-state index in [0.717, 1.165) is 18.7 Å². The van der Waals surface area contributed by atoms with Crippen molar-refractivity contribution in [2.24, 2.45) is 0 Å². The third kappa shape index (κ3) is 1.09. The van der Waals surface area contributed by atoms with Crippen LogP contribution in [0.4, 0.5) is 5.82 Å². The van der Waals surface area contributed by atoms with Gasteiger partial charge in [0.25, 0.3) is 0 Å². The first-order valence-corrected chi connectivity index (χ1v) is 4.07. The molecule has 0 fully saturated rings. The Bertz CT molecular complexity index is 338. The van der Waals surface area contributed by atoms with E-state index in [0.29, 0.717) is 6.42 Å². The molecule has 1 aromatic heterocycles. The van der Waals surface area contributed by atoms with Crippen LogP contribution in [0.25, 0.3) is 0 Å². The van der Waals surface area contributed by atoms with E-state index in [1.807, 2.05) is 12.3 Å². The summed E-state index contributed by atoms with van der Waals surface area (Å²) in [6.07, 6.45) is 2.29. The van der Waals surface area contributed by atoms with Gasteiger partial charge in [0.2, 0.25) is 5.91 Å². The number of pyridine rings is 1. The molecule has 60 valence electrons. The summed E-state index contributed by atoms with van der Waals surface area (Å²) in [5.74, 6) is 0.781. The Morgan fingerprint density at radius 2 is 2.50 bits per heavy atom. The summed E-state index contributed by atoms with van der Waals surface area (Å²) in [5, 5.41) is 2.70. The molecule has 0 spiro atoms. The van der Waals surface area contributed by atoms with E-state index >= 15 is 0 Å². The van der Waals surface area contributed by atoms with Crippen LogP contribution in [0.15, 0.2) is 12.3 Å². The molecule has 1 N–H and O–H groups in total. The van der Waals surface area contributed by atoms with Gasteiger partial charge >= 0.3 is 0 Å². The van der Waals surface area contributed by atoms with Crippen LogP contribution in [0.2, 0.25) is 6.82 Å². The van der Waals surface area contributed by atoms with Gasteiger partial charge in [0.1, 0.15) is 5.82 Å². The maximum atomic E-state index is 10.9. The fourth-order valence-electron chi connectivity index (χ4n) is 1.35. The Balaban J connectivity index is 2.41. The maximum absolute atomic E-state index is 10.9. The quantitative estimate of drug-likeness (QED) is 0.572. The summed E-state index contributed by atoms with van der Waals surface area (Å²) in [4.78, 5) is 15.1. The van der Waals surface area contributed by atoms with E-state index in [4.69, 9.17) is 0 Å². The first-order chi connectivity index (χ1) is 5.79. The lowest BCUT2D eigenvalue weighted by atomic mass is 9.74. The molecule has 0 radical (unpaired) electrons. The molecule has 0 saturated carbocycles. The summed E-state index contributed by atoms with van der Waals surface area (Å²) in [6.45, 7) is 2.08. The highest BCUT2D eigenvalue weighted by Crippen LogP contribution is 2.17. The number of aromatic nitrogens is 1. The molecular formula is C8H9BN2O. The fourth-order valence-corrected chi connectivity index (χ4v) is 1.35. The average Bonchev–Trinajstić information content (AvgIpc) is 2.43. The standard InChI is InChI=1S/C8H9BN2O/c1-9-6-2-5-3-7(12)11-8(5)10-4-6/h2,4,9H,3H2,1H3,(H,10,11,12). The first-order valence-electron chi connectivity index (χ1n) is 4.07. The number of anilines is 1. The molecule has 1 aliphatic rings. The van der Waals surface area contributed by atoms with Gasteiger partial charge in [-0.05, 0) is 0 Å². The lowest BCUT2D eigenvalue weighted by Crippen LogP contribution is -2.11. The molecular weight excluding hydrogens is 151 g/mol. The second-order valence-electron chi connectivity index (χ2n) is 2.93. The van der Waals surface area contributed by atoms with Crippen LogP contribution in [0.5, 0.6) is 0 Å². The van der Waals surface area contributed by atoms with E-state index in [9.17, 15) is 4.79 Å². The number of hydrogen-bond donors (Lipinski definition) is 1. The summed E-state index contributed by atoms with van der Waals surface area (Å²) in [5.41, 5.74) is 2.21. The van der Waals surface area contributed by atoms with Crippen molar-refractivity contribution < 1.29 is 4.79 Å². The molecule has 1 aliphatic heterocycles. The molecule has 3 nitrogen and oxygen atoms in total. The minimum atomic E-state index is 0.0470. The zero-order chi connectivity index (χ0) is 8.55. The van der Waals surface area contributed by atoms with Gasteiger partial charge in [-0.25, -0.2) is 4.98 Å². The summed E-state index contributed by atoms with van der Waals surface area (Å²) in [6, 6.07) is 2.04. The Morgan fingerprint density at radius 1 is 1.67 bits per heavy atom. The lowest BCUT2D eigenvalue weighted by molar-refractivity contribution is -0.115. The van der Waals surface area contributed by atoms with Crippen LogP contribution in [0.1, 0.15) is 5.56 Å². The molecule has 2 heterocycles. The molecule has 0 saturated heterocycles. The first kappa shape index (κ1) is 7.34. The number of rotatable bonds is 1. The Morgan fingerprint density at radius 3 is 3.25 bits per heavy atom. The van der Waals surface area contributed by atoms with Gasteiger partial charge in [-0.1, -0.05) is 18.4 Å². The van der Waals surface area contributed by atoms with Crippen LogP contribution < -0.4 is 10.8 Å². The van der Waals surface area contributed by atoms with Gasteiger partial charge < -0.3 is 5.32 Å². The van der Waals surface area contributed by atoms with Crippen LogP contribution in [0, 0.1) is 0 Å². The van der Waals surface area contributed by atoms with Gasteiger partial charge in [0, 0.05) is 11.8 Å². The van der Waals surface area contributed by atoms with Crippen LogP contribution in [-0.4, -0.2) is 18.2 Å². The van der Waals surface area contributed by atoms with E-state index in [-0.39, 0.29) is 5.91 Å². The van der Waals surface area contributed by atoms with E-state index < -0.39 is 0 Å². The second-order valence-corrected chi connectivity index (χ2v) is 2.93. The largest absolute Gasteiger partial charge is 0.310 e. The molecule has 0 unspecified atom stereocenters. The molecule has 2 rings (SSSR count). The topological polar surface area (TPSA) is 42.0 Å². The van der Waals surface area contributed by atoms with Crippen molar-refractivity contribution >= 4 is 24.5 Å². The van der Waals surface area contributed by atoms with Crippen LogP contribution in [0.3, 0.4) is 0 Å². The highest BCUT2D eigenvalue weighted by atomic mass is 16.1. The highest BCUT2D eigenvalue weighted by molar-refractivity contribution is 6.51. The van der Waals surface area contributed by atoms with Crippen molar-refractivity contribution in [1.82, 2.24) is 4.98 Å². The highest BCUT2D eigenvalue weighted by Gasteiger charge is 2.18. The van der Waals surface area contributed by atoms with E-state index in [1.165, 1.54) is 5.46 Å². The number of carbonyl (C=O) groups is 1. The molecule has 1 aromatic rings. The minimum Gasteiger partial charge on any atom is -0.310 e. The van der Waals surface area contributed by atoms with Gasteiger partial charge in [-0.3, -0.25) is 4.79 Å². The van der Waals surface area contributed by atoms with Crippen molar-refractivity contribution in [2.45, 2.75) is 13.2 Å². The number of nitrogens with zero attached hydrogens (tertiary/aromatic N) is 1. The predicted octanol–water partition coefficient (Wildman–Crippen LogP) is -0.314. The monoisotopic (exact) mass is 160 g/mol. The lowest BCUT2D eigenvalue weighted by Gasteiger charge is -1.98. The van der Waals surface area contributed by atoms with Gasteiger partial charge in [-0.2, -0.15) is 0 Å². The maximum Gasteiger partial charge on any atom is 0.230 e. The molecule has 0 aromatic carbocycles. The zero-order valence-electron chi connectivity index (χ0n) is 6.92. The Labute approximate surface area is 71.4 Å². The average molecular weight is 160 g/mol. The molecule has 0 atom stereocenters. The van der Waals surface area contributed by atoms with Crippen molar-refractivity contribution in [2.75, 3.05) is 5.32 Å². The number of amides is 1. The number of carbonyl (C=O) groups excluding carboxylic acids is 1. The number of fused-ring (bicyclic) bond motifs is 1. The zero-order valence-corrected chi connectivity index (χ0v) is 6.92. The van der Waals surface area contributed by atoms with Crippen LogP contribution in [-0.2, 0) is 11.2 Å². The summed E-state index contributed by atoms with van der Waals surface area (Å²) in [7, 11) is 0.967.